The molecule has 1 aliphatic rings. The number of rotatable bonds is 3. The first kappa shape index (κ1) is 15.4. The normalized spacial score (nSPS) is 11.9. The second kappa shape index (κ2) is 6.15. The third-order valence-electron chi connectivity index (χ3n) is 5.09. The van der Waals surface area contributed by atoms with Crippen molar-refractivity contribution in [1.82, 2.24) is 0 Å². The van der Waals surface area contributed by atoms with Crippen LogP contribution in [0, 0.1) is 6.92 Å². The predicted octanol–water partition coefficient (Wildman–Crippen LogP) is 7.10. The van der Waals surface area contributed by atoms with Gasteiger partial charge in [0.2, 0.25) is 0 Å². The van der Waals surface area contributed by atoms with Gasteiger partial charge in [0.15, 0.2) is 0 Å². The molecule has 26 heavy (non-hydrogen) atoms. The van der Waals surface area contributed by atoms with Crippen molar-refractivity contribution in [2.45, 2.75) is 13.3 Å². The molecule has 0 radical (unpaired) electrons. The molecule has 0 fully saturated rings. The number of aryl methyl sites for hydroxylation is 1. The van der Waals surface area contributed by atoms with Crippen LogP contribution >= 0.6 is 11.3 Å². The molecular weight excluding hydrogens is 334 g/mol. The highest BCUT2D eigenvalue weighted by atomic mass is 32.1. The second-order valence-electron chi connectivity index (χ2n) is 6.76. The van der Waals surface area contributed by atoms with E-state index in [0.29, 0.717) is 0 Å². The Bertz CT molecular complexity index is 1080. The Morgan fingerprint density at radius 1 is 0.731 bits per heavy atom. The van der Waals surface area contributed by atoms with Crippen LogP contribution in [0.2, 0.25) is 0 Å². The molecule has 0 bridgehead atoms. The van der Waals surface area contributed by atoms with Gasteiger partial charge >= 0.3 is 0 Å². The molecule has 4 aromatic rings. The summed E-state index contributed by atoms with van der Waals surface area (Å²) in [4.78, 5) is 2.38. The van der Waals surface area contributed by atoms with E-state index >= 15 is 0 Å². The van der Waals surface area contributed by atoms with Crippen LogP contribution in [-0.2, 0) is 6.42 Å². The van der Waals surface area contributed by atoms with Gasteiger partial charge in [-0.25, -0.2) is 0 Å². The number of fused-ring (bicyclic) bond motifs is 3. The minimum absolute atomic E-state index is 1.02. The first-order valence-corrected chi connectivity index (χ1v) is 9.80. The molecule has 126 valence electrons. The molecule has 0 spiro atoms. The highest BCUT2D eigenvalue weighted by Crippen LogP contribution is 2.43. The minimum Gasteiger partial charge on any atom is -0.302 e. The van der Waals surface area contributed by atoms with Crippen molar-refractivity contribution in [2.24, 2.45) is 0 Å². The lowest BCUT2D eigenvalue weighted by atomic mass is 10.0. The first-order valence-electron chi connectivity index (χ1n) is 8.92. The molecule has 1 aliphatic carbocycles. The topological polar surface area (TPSA) is 3.24 Å². The molecule has 0 atom stereocenters. The van der Waals surface area contributed by atoms with Crippen molar-refractivity contribution in [3.8, 4) is 11.1 Å². The molecule has 1 aromatic heterocycles. The Labute approximate surface area is 158 Å². The Morgan fingerprint density at radius 2 is 1.50 bits per heavy atom. The van der Waals surface area contributed by atoms with Gasteiger partial charge in [0.25, 0.3) is 0 Å². The Kier molecular flexibility index (Phi) is 3.65. The Balaban J connectivity index is 1.65. The van der Waals surface area contributed by atoms with E-state index in [1.807, 2.05) is 0 Å². The van der Waals surface area contributed by atoms with Gasteiger partial charge in [0.1, 0.15) is 5.00 Å². The van der Waals surface area contributed by atoms with Crippen LogP contribution in [0.15, 0.2) is 84.2 Å². The SMILES string of the molecule is Cc1ccsc1N(c1ccccc1)c1ccc2c(c1)Cc1ccccc1-2. The summed E-state index contributed by atoms with van der Waals surface area (Å²) in [6, 6.07) is 28.5. The van der Waals surface area contributed by atoms with E-state index < -0.39 is 0 Å². The van der Waals surface area contributed by atoms with E-state index in [-0.39, 0.29) is 0 Å². The van der Waals surface area contributed by atoms with Crippen LogP contribution in [0.3, 0.4) is 0 Å². The van der Waals surface area contributed by atoms with Crippen LogP contribution in [0.4, 0.5) is 16.4 Å². The lowest BCUT2D eigenvalue weighted by Crippen LogP contribution is -2.09. The molecule has 3 aromatic carbocycles. The summed E-state index contributed by atoms with van der Waals surface area (Å²) in [6.07, 6.45) is 1.02. The third-order valence-corrected chi connectivity index (χ3v) is 6.09. The second-order valence-corrected chi connectivity index (χ2v) is 7.65. The van der Waals surface area contributed by atoms with Gasteiger partial charge < -0.3 is 4.90 Å². The zero-order chi connectivity index (χ0) is 17.5. The summed E-state index contributed by atoms with van der Waals surface area (Å²) in [5, 5.41) is 3.45. The fraction of sp³-hybridized carbons (Fsp3) is 0.0833. The van der Waals surface area contributed by atoms with Gasteiger partial charge in [-0.15, -0.1) is 11.3 Å². The van der Waals surface area contributed by atoms with Crippen molar-refractivity contribution < 1.29 is 0 Å². The number of nitrogens with zero attached hydrogens (tertiary/aromatic N) is 1. The average Bonchev–Trinajstić information content (AvgIpc) is 3.26. The molecule has 0 unspecified atom stereocenters. The van der Waals surface area contributed by atoms with Crippen LogP contribution in [0.5, 0.6) is 0 Å². The van der Waals surface area contributed by atoms with Crippen molar-refractivity contribution in [3.63, 3.8) is 0 Å². The number of hydrogen-bond acceptors (Lipinski definition) is 2. The molecule has 1 heterocycles. The van der Waals surface area contributed by atoms with E-state index in [2.05, 4.69) is 96.1 Å². The maximum atomic E-state index is 2.38. The molecule has 2 heteroatoms. The molecule has 0 aliphatic heterocycles. The number of hydrogen-bond donors (Lipinski definition) is 0. The van der Waals surface area contributed by atoms with E-state index in [1.165, 1.54) is 44.2 Å². The molecule has 0 N–H and O–H groups in total. The standard InChI is InChI=1S/C24H19NS/c1-17-13-14-26-24(17)25(20-8-3-2-4-9-20)21-11-12-23-19(16-21)15-18-7-5-6-10-22(18)23/h2-14,16H,15H2,1H3. The zero-order valence-corrected chi connectivity index (χ0v) is 15.5. The summed E-state index contributed by atoms with van der Waals surface area (Å²) >= 11 is 1.79. The largest absolute Gasteiger partial charge is 0.302 e. The third kappa shape index (κ3) is 2.46. The summed E-state index contributed by atoms with van der Waals surface area (Å²) in [5.74, 6) is 0. The molecule has 0 saturated carbocycles. The fourth-order valence-electron chi connectivity index (χ4n) is 3.83. The summed E-state index contributed by atoms with van der Waals surface area (Å²) < 4.78 is 0. The van der Waals surface area contributed by atoms with Crippen LogP contribution in [0.1, 0.15) is 16.7 Å². The maximum Gasteiger partial charge on any atom is 0.103 e. The first-order chi connectivity index (χ1) is 12.8. The minimum atomic E-state index is 1.02. The number of benzene rings is 3. The summed E-state index contributed by atoms with van der Waals surface area (Å²) in [5.41, 5.74) is 9.34. The van der Waals surface area contributed by atoms with Crippen molar-refractivity contribution >= 4 is 27.7 Å². The van der Waals surface area contributed by atoms with Crippen LogP contribution in [-0.4, -0.2) is 0 Å². The smallest absolute Gasteiger partial charge is 0.103 e. The monoisotopic (exact) mass is 353 g/mol. The van der Waals surface area contributed by atoms with Crippen LogP contribution in [0.25, 0.3) is 11.1 Å². The molecule has 1 nitrogen and oxygen atoms in total. The van der Waals surface area contributed by atoms with Crippen molar-refractivity contribution in [3.05, 3.63) is 101 Å². The van der Waals surface area contributed by atoms with Gasteiger partial charge in [-0.1, -0.05) is 48.5 Å². The van der Waals surface area contributed by atoms with Gasteiger partial charge in [0.05, 0.1) is 0 Å². The zero-order valence-electron chi connectivity index (χ0n) is 14.6. The maximum absolute atomic E-state index is 2.38. The molecular formula is C24H19NS. The predicted molar refractivity (Wildman–Crippen MR) is 112 cm³/mol. The highest BCUT2D eigenvalue weighted by molar-refractivity contribution is 7.14. The van der Waals surface area contributed by atoms with E-state index in [1.54, 1.807) is 11.3 Å². The van der Waals surface area contributed by atoms with E-state index in [9.17, 15) is 0 Å². The van der Waals surface area contributed by atoms with Crippen LogP contribution < -0.4 is 4.90 Å². The average molecular weight is 353 g/mol. The van der Waals surface area contributed by atoms with Crippen molar-refractivity contribution in [1.29, 1.82) is 0 Å². The number of para-hydroxylation sites is 1. The lowest BCUT2D eigenvalue weighted by molar-refractivity contribution is 1.23. The van der Waals surface area contributed by atoms with Crippen molar-refractivity contribution in [2.75, 3.05) is 4.90 Å². The van der Waals surface area contributed by atoms with Gasteiger partial charge in [0, 0.05) is 11.4 Å². The molecule has 5 rings (SSSR count). The number of thiophene rings is 1. The molecule has 0 amide bonds. The Hall–Kier alpha value is -2.84. The summed E-state index contributed by atoms with van der Waals surface area (Å²) in [6.45, 7) is 2.19. The fourth-order valence-corrected chi connectivity index (χ4v) is 4.80. The van der Waals surface area contributed by atoms with Gasteiger partial charge in [-0.3, -0.25) is 0 Å². The van der Waals surface area contributed by atoms with Gasteiger partial charge in [-0.05, 0) is 76.9 Å². The van der Waals surface area contributed by atoms with E-state index in [0.717, 1.165) is 6.42 Å². The van der Waals surface area contributed by atoms with E-state index in [4.69, 9.17) is 0 Å². The lowest BCUT2D eigenvalue weighted by Gasteiger charge is -2.25. The quantitative estimate of drug-likeness (QED) is 0.334. The van der Waals surface area contributed by atoms with Gasteiger partial charge in [-0.2, -0.15) is 0 Å². The number of anilines is 3. The Morgan fingerprint density at radius 3 is 2.31 bits per heavy atom. The summed E-state index contributed by atoms with van der Waals surface area (Å²) in [7, 11) is 0. The highest BCUT2D eigenvalue weighted by Gasteiger charge is 2.21. The molecule has 0 saturated heterocycles.